The first-order valence-electron chi connectivity index (χ1n) is 8.41. The van der Waals surface area contributed by atoms with E-state index in [1.165, 1.54) is 10.9 Å². The summed E-state index contributed by atoms with van der Waals surface area (Å²) in [7, 11) is 3.60. The number of nitrogen functional groups attached to an aromatic ring is 1. The number of carbonyl (C=O) groups excluding carboxylic acids is 1. The number of para-hydroxylation sites is 1. The highest BCUT2D eigenvalue weighted by Gasteiger charge is 2.10. The number of aromatic nitrogens is 4. The van der Waals surface area contributed by atoms with Crippen LogP contribution in [0.2, 0.25) is 0 Å². The number of esters is 1. The van der Waals surface area contributed by atoms with Crippen molar-refractivity contribution in [2.75, 3.05) is 24.7 Å². The summed E-state index contributed by atoms with van der Waals surface area (Å²) in [6, 6.07) is 8.12. The molecule has 0 fully saturated rings. The predicted octanol–water partition coefficient (Wildman–Crippen LogP) is 2.07. The number of hydrogen-bond acceptors (Lipinski definition) is 7. The Bertz CT molecular complexity index is 906. The molecule has 2 aromatic heterocycles. The van der Waals surface area contributed by atoms with Crippen molar-refractivity contribution in [1.29, 1.82) is 0 Å². The number of nitrogens with one attached hydrogen (secondary N) is 1. The number of fused-ring (bicyclic) bond motifs is 1. The summed E-state index contributed by atoms with van der Waals surface area (Å²) in [5.74, 6) is 0.596. The molecule has 2 heterocycles. The lowest BCUT2D eigenvalue weighted by molar-refractivity contribution is -0.145. The van der Waals surface area contributed by atoms with Crippen molar-refractivity contribution in [2.45, 2.75) is 25.9 Å². The van der Waals surface area contributed by atoms with Gasteiger partial charge < -0.3 is 20.4 Å². The standard InChI is InChI=1S/C18H22N6O2/c1-24(2)18-22-15(21-17(19)23-18)11-26-16(25)9-5-6-12-10-20-14-8-4-3-7-13(12)14/h3-4,7-8,10,20H,5-6,9,11H2,1-2H3,(H2,19,21,22,23). The van der Waals surface area contributed by atoms with Crippen molar-refractivity contribution < 1.29 is 9.53 Å². The molecule has 0 unspecified atom stereocenters. The molecule has 0 bridgehead atoms. The number of rotatable bonds is 7. The lowest BCUT2D eigenvalue weighted by atomic mass is 10.1. The molecule has 0 spiro atoms. The van der Waals surface area contributed by atoms with Gasteiger partial charge in [-0.15, -0.1) is 0 Å². The van der Waals surface area contributed by atoms with E-state index >= 15 is 0 Å². The van der Waals surface area contributed by atoms with Crippen LogP contribution in [0.3, 0.4) is 0 Å². The number of ether oxygens (including phenoxy) is 1. The van der Waals surface area contributed by atoms with E-state index in [9.17, 15) is 4.79 Å². The molecule has 3 N–H and O–H groups in total. The zero-order chi connectivity index (χ0) is 18.5. The molecule has 0 saturated heterocycles. The molecule has 8 heteroatoms. The van der Waals surface area contributed by atoms with Crippen molar-refractivity contribution in [3.63, 3.8) is 0 Å². The van der Waals surface area contributed by atoms with Crippen molar-refractivity contribution in [3.05, 3.63) is 41.9 Å². The van der Waals surface area contributed by atoms with E-state index in [0.29, 0.717) is 24.6 Å². The van der Waals surface area contributed by atoms with Gasteiger partial charge in [0.15, 0.2) is 12.4 Å². The summed E-state index contributed by atoms with van der Waals surface area (Å²) in [5, 5.41) is 1.19. The molecule has 0 saturated carbocycles. The maximum atomic E-state index is 12.0. The van der Waals surface area contributed by atoms with Crippen LogP contribution in [0.1, 0.15) is 24.2 Å². The van der Waals surface area contributed by atoms with Gasteiger partial charge in [-0.2, -0.15) is 15.0 Å². The highest BCUT2D eigenvalue weighted by Crippen LogP contribution is 2.19. The van der Waals surface area contributed by atoms with Crippen molar-refractivity contribution in [3.8, 4) is 0 Å². The van der Waals surface area contributed by atoms with Gasteiger partial charge in [-0.25, -0.2) is 0 Å². The van der Waals surface area contributed by atoms with Gasteiger partial charge in [-0.3, -0.25) is 4.79 Å². The predicted molar refractivity (Wildman–Crippen MR) is 99.6 cm³/mol. The number of carbonyl (C=O) groups is 1. The van der Waals surface area contributed by atoms with Crippen molar-refractivity contribution >= 4 is 28.8 Å². The van der Waals surface area contributed by atoms with Crippen molar-refractivity contribution in [2.24, 2.45) is 0 Å². The summed E-state index contributed by atoms with van der Waals surface area (Å²) < 4.78 is 5.25. The third kappa shape index (κ3) is 4.27. The molecule has 0 amide bonds. The Morgan fingerprint density at radius 3 is 2.85 bits per heavy atom. The minimum atomic E-state index is -0.282. The van der Waals surface area contributed by atoms with Gasteiger partial charge in [0, 0.05) is 37.6 Å². The summed E-state index contributed by atoms with van der Waals surface area (Å²) in [6.45, 7) is -0.0144. The van der Waals surface area contributed by atoms with E-state index < -0.39 is 0 Å². The molecule has 26 heavy (non-hydrogen) atoms. The van der Waals surface area contributed by atoms with Gasteiger partial charge in [0.1, 0.15) is 0 Å². The van der Waals surface area contributed by atoms with Crippen LogP contribution in [0.5, 0.6) is 0 Å². The summed E-state index contributed by atoms with van der Waals surface area (Å²) >= 11 is 0. The molecule has 0 atom stereocenters. The lowest BCUT2D eigenvalue weighted by Gasteiger charge is -2.11. The zero-order valence-corrected chi connectivity index (χ0v) is 14.9. The normalized spacial score (nSPS) is 10.8. The molecule has 1 aromatic carbocycles. The zero-order valence-electron chi connectivity index (χ0n) is 14.9. The van der Waals surface area contributed by atoms with Crippen LogP contribution in [0.15, 0.2) is 30.5 Å². The third-order valence-electron chi connectivity index (χ3n) is 3.95. The average molecular weight is 354 g/mol. The van der Waals surface area contributed by atoms with Crippen LogP contribution in [-0.2, 0) is 22.6 Å². The fourth-order valence-corrected chi connectivity index (χ4v) is 2.67. The van der Waals surface area contributed by atoms with Crippen LogP contribution in [0.4, 0.5) is 11.9 Å². The molecule has 0 aliphatic rings. The van der Waals surface area contributed by atoms with Gasteiger partial charge in [0.05, 0.1) is 0 Å². The molecule has 8 nitrogen and oxygen atoms in total. The first kappa shape index (κ1) is 17.7. The number of nitrogens with zero attached hydrogens (tertiary/aromatic N) is 4. The quantitative estimate of drug-likeness (QED) is 0.625. The van der Waals surface area contributed by atoms with Crippen LogP contribution < -0.4 is 10.6 Å². The van der Waals surface area contributed by atoms with E-state index in [2.05, 4.69) is 26.0 Å². The van der Waals surface area contributed by atoms with Crippen LogP contribution in [0, 0.1) is 0 Å². The van der Waals surface area contributed by atoms with Gasteiger partial charge in [0.2, 0.25) is 11.9 Å². The second-order valence-corrected chi connectivity index (χ2v) is 6.18. The van der Waals surface area contributed by atoms with E-state index in [0.717, 1.165) is 11.9 Å². The minimum absolute atomic E-state index is 0.0144. The summed E-state index contributed by atoms with van der Waals surface area (Å²) in [5.41, 5.74) is 7.96. The minimum Gasteiger partial charge on any atom is -0.457 e. The number of H-pyrrole nitrogens is 1. The molecule has 136 valence electrons. The van der Waals surface area contributed by atoms with Gasteiger partial charge in [-0.05, 0) is 24.5 Å². The first-order valence-corrected chi connectivity index (χ1v) is 8.41. The molecular formula is C18H22N6O2. The molecule has 0 aliphatic heterocycles. The second-order valence-electron chi connectivity index (χ2n) is 6.18. The fourth-order valence-electron chi connectivity index (χ4n) is 2.67. The Morgan fingerprint density at radius 1 is 1.23 bits per heavy atom. The largest absolute Gasteiger partial charge is 0.457 e. The van der Waals surface area contributed by atoms with E-state index in [-0.39, 0.29) is 18.5 Å². The van der Waals surface area contributed by atoms with Crippen LogP contribution in [-0.4, -0.2) is 40.0 Å². The maximum absolute atomic E-state index is 12.0. The van der Waals surface area contributed by atoms with Gasteiger partial charge in [0.25, 0.3) is 0 Å². The molecule has 3 aromatic rings. The Morgan fingerprint density at radius 2 is 2.04 bits per heavy atom. The highest BCUT2D eigenvalue weighted by atomic mass is 16.5. The van der Waals surface area contributed by atoms with E-state index in [1.54, 1.807) is 19.0 Å². The molecule has 0 radical (unpaired) electrons. The first-order chi connectivity index (χ1) is 12.5. The molecular weight excluding hydrogens is 332 g/mol. The SMILES string of the molecule is CN(C)c1nc(N)nc(COC(=O)CCCc2c[nH]c3ccccc23)n1. The number of hydrogen-bond donors (Lipinski definition) is 2. The Hall–Kier alpha value is -3.16. The molecule has 0 aliphatic carbocycles. The van der Waals surface area contributed by atoms with Crippen LogP contribution in [0.25, 0.3) is 10.9 Å². The number of nitrogens with two attached hydrogens (primary N) is 1. The number of anilines is 2. The highest BCUT2D eigenvalue weighted by molar-refractivity contribution is 5.83. The third-order valence-corrected chi connectivity index (χ3v) is 3.95. The average Bonchev–Trinajstić information content (AvgIpc) is 3.03. The number of aromatic amines is 1. The molecule has 3 rings (SSSR count). The fraction of sp³-hybridized carbons (Fsp3) is 0.333. The summed E-state index contributed by atoms with van der Waals surface area (Å²) in [6.07, 6.45) is 3.85. The van der Waals surface area contributed by atoms with E-state index in [1.807, 2.05) is 24.4 Å². The van der Waals surface area contributed by atoms with Crippen LogP contribution >= 0.6 is 0 Å². The number of benzene rings is 1. The number of aryl methyl sites for hydroxylation is 1. The van der Waals surface area contributed by atoms with Crippen molar-refractivity contribution in [1.82, 2.24) is 19.9 Å². The van der Waals surface area contributed by atoms with E-state index in [4.69, 9.17) is 10.5 Å². The smallest absolute Gasteiger partial charge is 0.306 e. The lowest BCUT2D eigenvalue weighted by Crippen LogP contribution is -2.17. The monoisotopic (exact) mass is 354 g/mol. The van der Waals surface area contributed by atoms with Gasteiger partial charge >= 0.3 is 5.97 Å². The Balaban J connectivity index is 1.49. The maximum Gasteiger partial charge on any atom is 0.306 e. The topological polar surface area (TPSA) is 110 Å². The van der Waals surface area contributed by atoms with Gasteiger partial charge in [-0.1, -0.05) is 18.2 Å². The summed E-state index contributed by atoms with van der Waals surface area (Å²) in [4.78, 5) is 29.1. The Kier molecular flexibility index (Phi) is 5.31. The Labute approximate surface area is 151 Å². The second kappa shape index (κ2) is 7.81.